The molecule has 0 amide bonds. The van der Waals surface area contributed by atoms with Gasteiger partial charge in [-0.2, -0.15) is 0 Å². The maximum absolute atomic E-state index is 10.2. The van der Waals surface area contributed by atoms with Crippen molar-refractivity contribution in [2.45, 2.75) is 26.4 Å². The lowest BCUT2D eigenvalue weighted by atomic mass is 9.97. The average molecular weight is 230 g/mol. The number of aliphatic hydroxyl groups excluding tert-OH is 1. The minimum absolute atomic E-state index is 0.531. The molecule has 90 valence electrons. The number of aliphatic hydroxyl groups is 1. The fraction of sp³-hybridized carbons (Fsp3) is 0.357. The van der Waals surface area contributed by atoms with E-state index >= 15 is 0 Å². The molecule has 3 heteroatoms. The fourth-order valence-corrected chi connectivity index (χ4v) is 2.07. The third kappa shape index (κ3) is 2.56. The van der Waals surface area contributed by atoms with E-state index in [9.17, 15) is 5.11 Å². The summed E-state index contributed by atoms with van der Waals surface area (Å²) in [7, 11) is 1.90. The molecule has 0 aliphatic heterocycles. The molecular formula is C14H18N2O. The largest absolute Gasteiger partial charge is 0.386 e. The highest BCUT2D eigenvalue weighted by molar-refractivity contribution is 5.34. The smallest absolute Gasteiger partial charge is 0.102 e. The van der Waals surface area contributed by atoms with Crippen molar-refractivity contribution in [3.8, 4) is 0 Å². The fourth-order valence-electron chi connectivity index (χ4n) is 2.07. The predicted molar refractivity (Wildman–Crippen MR) is 67.8 cm³/mol. The second-order valence-corrected chi connectivity index (χ2v) is 4.55. The molecule has 2 aromatic rings. The molecule has 0 saturated heterocycles. The Morgan fingerprint density at radius 1 is 1.29 bits per heavy atom. The van der Waals surface area contributed by atoms with Gasteiger partial charge in [0.2, 0.25) is 0 Å². The monoisotopic (exact) mass is 230 g/mol. The summed E-state index contributed by atoms with van der Waals surface area (Å²) < 4.78 is 1.85. The molecule has 0 spiro atoms. The molecule has 1 N–H and O–H groups in total. The topological polar surface area (TPSA) is 38.0 Å². The van der Waals surface area contributed by atoms with Gasteiger partial charge in [-0.05, 0) is 30.5 Å². The molecule has 1 heterocycles. The highest BCUT2D eigenvalue weighted by atomic mass is 16.3. The van der Waals surface area contributed by atoms with Crippen molar-refractivity contribution < 1.29 is 5.11 Å². The summed E-state index contributed by atoms with van der Waals surface area (Å²) in [6, 6.07) is 6.20. The van der Waals surface area contributed by atoms with Crippen LogP contribution in [0.3, 0.4) is 0 Å². The molecule has 0 aliphatic rings. The van der Waals surface area contributed by atoms with E-state index in [1.807, 2.05) is 23.9 Å². The molecule has 0 fully saturated rings. The SMILES string of the molecule is Cc1cccc(C)c1CC(O)c1cn(C)cn1. The van der Waals surface area contributed by atoms with Crippen molar-refractivity contribution in [3.05, 3.63) is 53.1 Å². The minimum Gasteiger partial charge on any atom is -0.386 e. The van der Waals surface area contributed by atoms with E-state index in [0.29, 0.717) is 6.42 Å². The van der Waals surface area contributed by atoms with Crippen LogP contribution >= 0.6 is 0 Å². The number of imidazole rings is 1. The summed E-state index contributed by atoms with van der Waals surface area (Å²) in [5.74, 6) is 0. The first-order chi connectivity index (χ1) is 8.08. The Kier molecular flexibility index (Phi) is 3.29. The number of aryl methyl sites for hydroxylation is 3. The predicted octanol–water partition coefficient (Wildman–Crippen LogP) is 2.31. The molecule has 0 aliphatic carbocycles. The van der Waals surface area contributed by atoms with Crippen LogP contribution in [0.1, 0.15) is 28.5 Å². The molecule has 2 rings (SSSR count). The van der Waals surface area contributed by atoms with Gasteiger partial charge in [-0.15, -0.1) is 0 Å². The zero-order valence-electron chi connectivity index (χ0n) is 10.5. The van der Waals surface area contributed by atoms with Crippen molar-refractivity contribution in [2.24, 2.45) is 7.05 Å². The third-order valence-corrected chi connectivity index (χ3v) is 3.11. The normalized spacial score (nSPS) is 12.7. The van der Waals surface area contributed by atoms with E-state index < -0.39 is 6.10 Å². The molecule has 1 unspecified atom stereocenters. The first-order valence-electron chi connectivity index (χ1n) is 5.79. The summed E-state index contributed by atoms with van der Waals surface area (Å²) in [5.41, 5.74) is 4.39. The van der Waals surface area contributed by atoms with Gasteiger partial charge >= 0.3 is 0 Å². The van der Waals surface area contributed by atoms with Crippen molar-refractivity contribution in [3.63, 3.8) is 0 Å². The maximum Gasteiger partial charge on any atom is 0.102 e. The number of aromatic nitrogens is 2. The van der Waals surface area contributed by atoms with Gasteiger partial charge in [0.25, 0.3) is 0 Å². The molecular weight excluding hydrogens is 212 g/mol. The van der Waals surface area contributed by atoms with Crippen LogP contribution in [-0.4, -0.2) is 14.7 Å². The second-order valence-electron chi connectivity index (χ2n) is 4.55. The second kappa shape index (κ2) is 4.72. The molecule has 17 heavy (non-hydrogen) atoms. The van der Waals surface area contributed by atoms with Crippen LogP contribution in [0.5, 0.6) is 0 Å². The lowest BCUT2D eigenvalue weighted by Crippen LogP contribution is -2.05. The van der Waals surface area contributed by atoms with Crippen LogP contribution in [0.15, 0.2) is 30.7 Å². The van der Waals surface area contributed by atoms with Crippen LogP contribution in [0.2, 0.25) is 0 Å². The van der Waals surface area contributed by atoms with E-state index in [1.165, 1.54) is 16.7 Å². The summed E-state index contributed by atoms with van der Waals surface area (Å²) in [4.78, 5) is 4.18. The zero-order valence-corrected chi connectivity index (χ0v) is 10.5. The Morgan fingerprint density at radius 2 is 1.94 bits per heavy atom. The number of hydrogen-bond acceptors (Lipinski definition) is 2. The van der Waals surface area contributed by atoms with Crippen molar-refractivity contribution >= 4 is 0 Å². The van der Waals surface area contributed by atoms with E-state index in [2.05, 4.69) is 31.0 Å². The van der Waals surface area contributed by atoms with Crippen LogP contribution in [0, 0.1) is 13.8 Å². The first kappa shape index (κ1) is 11.9. The Hall–Kier alpha value is -1.61. The van der Waals surface area contributed by atoms with Crippen LogP contribution in [0.25, 0.3) is 0 Å². The van der Waals surface area contributed by atoms with E-state index in [-0.39, 0.29) is 0 Å². The maximum atomic E-state index is 10.2. The molecule has 0 saturated carbocycles. The summed E-state index contributed by atoms with van der Waals surface area (Å²) in [6.07, 6.45) is 3.66. The lowest BCUT2D eigenvalue weighted by Gasteiger charge is -2.13. The number of rotatable bonds is 3. The lowest BCUT2D eigenvalue weighted by molar-refractivity contribution is 0.173. The van der Waals surface area contributed by atoms with Gasteiger partial charge in [0.1, 0.15) is 6.10 Å². The van der Waals surface area contributed by atoms with E-state index in [1.54, 1.807) is 6.33 Å². The zero-order chi connectivity index (χ0) is 12.4. The number of nitrogens with zero attached hydrogens (tertiary/aromatic N) is 2. The van der Waals surface area contributed by atoms with Gasteiger partial charge in [-0.3, -0.25) is 0 Å². The first-order valence-corrected chi connectivity index (χ1v) is 5.79. The van der Waals surface area contributed by atoms with E-state index in [4.69, 9.17) is 0 Å². The van der Waals surface area contributed by atoms with Crippen molar-refractivity contribution in [2.75, 3.05) is 0 Å². The summed E-state index contributed by atoms with van der Waals surface area (Å²) >= 11 is 0. The van der Waals surface area contributed by atoms with Gasteiger partial charge in [-0.1, -0.05) is 18.2 Å². The summed E-state index contributed by atoms with van der Waals surface area (Å²) in [6.45, 7) is 4.15. The molecule has 3 nitrogen and oxygen atoms in total. The molecule has 1 aromatic heterocycles. The quantitative estimate of drug-likeness (QED) is 0.878. The van der Waals surface area contributed by atoms with Crippen LogP contribution < -0.4 is 0 Å². The number of benzene rings is 1. The van der Waals surface area contributed by atoms with Crippen molar-refractivity contribution in [1.82, 2.24) is 9.55 Å². The van der Waals surface area contributed by atoms with Gasteiger partial charge in [0, 0.05) is 19.7 Å². The average Bonchev–Trinajstić information content (AvgIpc) is 2.70. The Bertz CT molecular complexity index is 496. The standard InChI is InChI=1S/C14H18N2O/c1-10-5-4-6-11(2)12(10)7-14(17)13-8-16(3)9-15-13/h4-6,8-9,14,17H,7H2,1-3H3. The van der Waals surface area contributed by atoms with Crippen LogP contribution in [0.4, 0.5) is 0 Å². The van der Waals surface area contributed by atoms with Gasteiger partial charge in [0.15, 0.2) is 0 Å². The Balaban J connectivity index is 2.21. The Labute approximate surface area is 102 Å². The minimum atomic E-state index is -0.531. The summed E-state index contributed by atoms with van der Waals surface area (Å²) in [5, 5.41) is 10.2. The van der Waals surface area contributed by atoms with Crippen LogP contribution in [-0.2, 0) is 13.5 Å². The van der Waals surface area contributed by atoms with Crippen molar-refractivity contribution in [1.29, 1.82) is 0 Å². The highest BCUT2D eigenvalue weighted by Crippen LogP contribution is 2.21. The van der Waals surface area contributed by atoms with Gasteiger partial charge in [0.05, 0.1) is 12.0 Å². The number of hydrogen-bond donors (Lipinski definition) is 1. The third-order valence-electron chi connectivity index (χ3n) is 3.11. The van der Waals surface area contributed by atoms with Gasteiger partial charge in [-0.25, -0.2) is 4.98 Å². The molecule has 0 radical (unpaired) electrons. The molecule has 1 aromatic carbocycles. The van der Waals surface area contributed by atoms with E-state index in [0.717, 1.165) is 5.69 Å². The van der Waals surface area contributed by atoms with Gasteiger partial charge < -0.3 is 9.67 Å². The highest BCUT2D eigenvalue weighted by Gasteiger charge is 2.13. The molecule has 0 bridgehead atoms. The molecule has 1 atom stereocenters. The Morgan fingerprint density at radius 3 is 2.47 bits per heavy atom.